The Hall–Kier alpha value is -1.88. The van der Waals surface area contributed by atoms with Gasteiger partial charge < -0.3 is 15.0 Å². The molecule has 3 nitrogen and oxygen atoms in total. The van der Waals surface area contributed by atoms with Gasteiger partial charge in [-0.25, -0.2) is 4.39 Å². The smallest absolute Gasteiger partial charge is 0.132 e. The van der Waals surface area contributed by atoms with Crippen LogP contribution in [0.15, 0.2) is 60.8 Å². The molecular formula is C18H20ClFN2O. The molecule has 2 aromatic carbocycles. The van der Waals surface area contributed by atoms with Crippen LogP contribution in [0.25, 0.3) is 10.9 Å². The Labute approximate surface area is 141 Å². The minimum atomic E-state index is -0.619. The maximum absolute atomic E-state index is 13.9. The van der Waals surface area contributed by atoms with Gasteiger partial charge >= 0.3 is 0 Å². The van der Waals surface area contributed by atoms with Crippen molar-refractivity contribution in [2.24, 2.45) is 0 Å². The van der Waals surface area contributed by atoms with Gasteiger partial charge in [0.2, 0.25) is 0 Å². The van der Waals surface area contributed by atoms with E-state index in [-0.39, 0.29) is 24.3 Å². The van der Waals surface area contributed by atoms with Crippen molar-refractivity contribution in [3.05, 3.63) is 72.2 Å². The van der Waals surface area contributed by atoms with Gasteiger partial charge in [-0.3, -0.25) is 0 Å². The topological polar surface area (TPSA) is 37.2 Å². The van der Waals surface area contributed by atoms with Crippen LogP contribution in [0.3, 0.4) is 0 Å². The van der Waals surface area contributed by atoms with Crippen molar-refractivity contribution in [3.63, 3.8) is 0 Å². The van der Waals surface area contributed by atoms with Crippen LogP contribution in [0.2, 0.25) is 0 Å². The van der Waals surface area contributed by atoms with Crippen molar-refractivity contribution in [1.29, 1.82) is 0 Å². The van der Waals surface area contributed by atoms with Crippen LogP contribution in [0.1, 0.15) is 11.6 Å². The summed E-state index contributed by atoms with van der Waals surface area (Å²) in [7, 11) is 1.80. The summed E-state index contributed by atoms with van der Waals surface area (Å²) in [6.45, 7) is 0.453. The van der Waals surface area contributed by atoms with E-state index in [0.717, 1.165) is 11.1 Å². The molecule has 0 saturated heterocycles. The third-order valence-electron chi connectivity index (χ3n) is 3.93. The lowest BCUT2D eigenvalue weighted by atomic mass is 10.0. The van der Waals surface area contributed by atoms with Crippen molar-refractivity contribution in [2.75, 3.05) is 13.6 Å². The average molecular weight is 335 g/mol. The third kappa shape index (κ3) is 3.39. The van der Waals surface area contributed by atoms with Gasteiger partial charge in [-0.15, -0.1) is 12.4 Å². The number of aliphatic hydroxyl groups excluding tert-OH is 1. The summed E-state index contributed by atoms with van der Waals surface area (Å²) in [4.78, 5) is 0. The molecule has 23 heavy (non-hydrogen) atoms. The van der Waals surface area contributed by atoms with E-state index in [4.69, 9.17) is 0 Å². The van der Waals surface area contributed by atoms with Crippen molar-refractivity contribution in [2.45, 2.75) is 12.1 Å². The quantitative estimate of drug-likeness (QED) is 0.750. The summed E-state index contributed by atoms with van der Waals surface area (Å²) in [5.41, 5.74) is 1.77. The highest BCUT2D eigenvalue weighted by atomic mass is 35.5. The maximum atomic E-state index is 13.9. The number of aliphatic hydroxyl groups is 1. The molecule has 0 aliphatic rings. The molecule has 0 aliphatic carbocycles. The number of benzene rings is 2. The lowest BCUT2D eigenvalue weighted by Gasteiger charge is -2.26. The first-order chi connectivity index (χ1) is 10.7. The predicted molar refractivity (Wildman–Crippen MR) is 93.7 cm³/mol. The zero-order valence-electron chi connectivity index (χ0n) is 12.8. The van der Waals surface area contributed by atoms with Crippen LogP contribution < -0.4 is 5.32 Å². The monoisotopic (exact) mass is 334 g/mol. The van der Waals surface area contributed by atoms with Crippen molar-refractivity contribution in [1.82, 2.24) is 9.88 Å². The van der Waals surface area contributed by atoms with E-state index in [2.05, 4.69) is 5.32 Å². The highest BCUT2D eigenvalue weighted by Crippen LogP contribution is 2.28. The third-order valence-corrected chi connectivity index (χ3v) is 3.93. The second kappa shape index (κ2) is 7.59. The zero-order valence-corrected chi connectivity index (χ0v) is 13.6. The summed E-state index contributed by atoms with van der Waals surface area (Å²) in [5, 5.41) is 14.2. The molecule has 0 radical (unpaired) electrons. The Morgan fingerprint density at radius 1 is 1.09 bits per heavy atom. The molecule has 2 N–H and O–H groups in total. The van der Waals surface area contributed by atoms with E-state index in [0.29, 0.717) is 11.9 Å². The fourth-order valence-corrected chi connectivity index (χ4v) is 2.93. The summed E-state index contributed by atoms with van der Waals surface area (Å²) >= 11 is 0. The molecule has 0 aliphatic heterocycles. The first kappa shape index (κ1) is 17.5. The van der Waals surface area contributed by atoms with Gasteiger partial charge in [0, 0.05) is 18.1 Å². The summed E-state index contributed by atoms with van der Waals surface area (Å²) in [5.74, 6) is -0.244. The molecule has 3 aromatic rings. The molecule has 0 unspecified atom stereocenters. The van der Waals surface area contributed by atoms with Crippen LogP contribution in [0.4, 0.5) is 4.39 Å². The Morgan fingerprint density at radius 3 is 2.52 bits per heavy atom. The predicted octanol–water partition coefficient (Wildman–Crippen LogP) is 3.37. The Morgan fingerprint density at radius 2 is 1.83 bits per heavy atom. The first-order valence-corrected chi connectivity index (χ1v) is 7.35. The molecule has 0 saturated carbocycles. The minimum Gasteiger partial charge on any atom is -0.389 e. The fraction of sp³-hybridized carbons (Fsp3) is 0.222. The van der Waals surface area contributed by atoms with Crippen LogP contribution in [-0.2, 0) is 0 Å². The van der Waals surface area contributed by atoms with Gasteiger partial charge in [-0.1, -0.05) is 36.4 Å². The summed E-state index contributed by atoms with van der Waals surface area (Å²) in [6, 6.07) is 16.3. The molecule has 0 bridgehead atoms. The van der Waals surface area contributed by atoms with Crippen LogP contribution in [-0.4, -0.2) is 29.4 Å². The normalized spacial score (nSPS) is 13.5. The fourth-order valence-electron chi connectivity index (χ4n) is 2.93. The van der Waals surface area contributed by atoms with Gasteiger partial charge in [0.25, 0.3) is 0 Å². The molecular weight excluding hydrogens is 315 g/mol. The molecule has 1 aromatic heterocycles. The average Bonchev–Trinajstić information content (AvgIpc) is 2.94. The van der Waals surface area contributed by atoms with E-state index in [1.54, 1.807) is 19.2 Å². The Balaban J connectivity index is 0.00000192. The van der Waals surface area contributed by atoms with Crippen LogP contribution in [0, 0.1) is 5.82 Å². The van der Waals surface area contributed by atoms with E-state index < -0.39 is 6.10 Å². The van der Waals surface area contributed by atoms with Crippen molar-refractivity contribution in [3.8, 4) is 0 Å². The number of fused-ring (bicyclic) bond motifs is 1. The molecule has 1 heterocycles. The van der Waals surface area contributed by atoms with Crippen molar-refractivity contribution < 1.29 is 9.50 Å². The summed E-state index contributed by atoms with van der Waals surface area (Å²) < 4.78 is 15.9. The first-order valence-electron chi connectivity index (χ1n) is 7.35. The molecule has 3 rings (SSSR count). The SMILES string of the molecule is CNC[C@@H](O)[C@H](c1ccccc1)n1ccc2c(F)cccc21.Cl. The number of hydrogen-bond acceptors (Lipinski definition) is 2. The number of likely N-dealkylation sites (N-methyl/N-ethyl adjacent to an activating group) is 1. The van der Waals surface area contributed by atoms with Gasteiger partial charge in [0.05, 0.1) is 17.7 Å². The molecule has 0 fully saturated rings. The van der Waals surface area contributed by atoms with Crippen molar-refractivity contribution >= 4 is 23.3 Å². The number of hydrogen-bond donors (Lipinski definition) is 2. The molecule has 5 heteroatoms. The number of rotatable bonds is 5. The number of nitrogens with zero attached hydrogens (tertiary/aromatic N) is 1. The number of aromatic nitrogens is 1. The second-order valence-electron chi connectivity index (χ2n) is 5.38. The summed E-state index contributed by atoms with van der Waals surface area (Å²) in [6.07, 6.45) is 1.22. The van der Waals surface area contributed by atoms with E-state index in [1.807, 2.05) is 47.2 Å². The Bertz CT molecular complexity index is 760. The minimum absolute atomic E-state index is 0. The largest absolute Gasteiger partial charge is 0.389 e. The second-order valence-corrected chi connectivity index (χ2v) is 5.38. The molecule has 2 atom stereocenters. The highest BCUT2D eigenvalue weighted by Gasteiger charge is 2.23. The van der Waals surface area contributed by atoms with E-state index in [1.165, 1.54) is 6.07 Å². The van der Waals surface area contributed by atoms with E-state index >= 15 is 0 Å². The Kier molecular flexibility index (Phi) is 5.77. The lowest BCUT2D eigenvalue weighted by molar-refractivity contribution is 0.132. The molecule has 122 valence electrons. The van der Waals surface area contributed by atoms with Gasteiger partial charge in [-0.05, 0) is 30.8 Å². The standard InChI is InChI=1S/C18H19FN2O.ClH/c1-20-12-17(22)18(13-6-3-2-4-7-13)21-11-10-14-15(19)8-5-9-16(14)21;/h2-11,17-18,20,22H,12H2,1H3;1H/t17-,18+;/m1./s1. The van der Waals surface area contributed by atoms with Gasteiger partial charge in [-0.2, -0.15) is 0 Å². The number of halogens is 2. The van der Waals surface area contributed by atoms with Crippen LogP contribution >= 0.6 is 12.4 Å². The number of nitrogens with one attached hydrogen (secondary N) is 1. The van der Waals surface area contributed by atoms with E-state index in [9.17, 15) is 9.50 Å². The highest BCUT2D eigenvalue weighted by molar-refractivity contribution is 5.85. The molecule has 0 amide bonds. The maximum Gasteiger partial charge on any atom is 0.132 e. The van der Waals surface area contributed by atoms with Crippen LogP contribution in [0.5, 0.6) is 0 Å². The molecule has 0 spiro atoms. The van der Waals surface area contributed by atoms with Gasteiger partial charge in [0.15, 0.2) is 0 Å². The van der Waals surface area contributed by atoms with Gasteiger partial charge in [0.1, 0.15) is 5.82 Å². The zero-order chi connectivity index (χ0) is 15.5. The lowest BCUT2D eigenvalue weighted by Crippen LogP contribution is -2.33.